The van der Waals surface area contributed by atoms with Crippen LogP contribution in [0.5, 0.6) is 11.5 Å². The predicted molar refractivity (Wildman–Crippen MR) is 106 cm³/mol. The Kier molecular flexibility index (Phi) is 6.61. The second-order valence-electron chi connectivity index (χ2n) is 6.24. The summed E-state index contributed by atoms with van der Waals surface area (Å²) in [4.78, 5) is 11.4. The summed E-state index contributed by atoms with van der Waals surface area (Å²) in [6, 6.07) is 25.8. The highest BCUT2D eigenvalue weighted by Gasteiger charge is 2.04. The highest BCUT2D eigenvalue weighted by Crippen LogP contribution is 2.21. The molecule has 0 radical (unpaired) electrons. The minimum Gasteiger partial charge on any atom is -0.469 e. The molecule has 0 atom stereocenters. The van der Waals surface area contributed by atoms with Gasteiger partial charge >= 0.3 is 5.97 Å². The molecule has 0 amide bonds. The fraction of sp³-hybridized carbons (Fsp3) is 0.174. The number of carbonyl (C=O) groups is 1. The maximum absolute atomic E-state index is 11.4. The number of hydrogen-bond donors (Lipinski definition) is 1. The highest BCUT2D eigenvalue weighted by molar-refractivity contribution is 5.72. The standard InChI is InChI=1S/C23H23NO3/c1-26-23(25)15-19-6-5-7-20(14-19)17-24-16-18-10-12-22(13-11-18)27-21-8-3-2-4-9-21/h2-14,24H,15-17H2,1H3. The summed E-state index contributed by atoms with van der Waals surface area (Å²) >= 11 is 0. The molecule has 27 heavy (non-hydrogen) atoms. The van der Waals surface area contributed by atoms with Crippen molar-refractivity contribution in [1.29, 1.82) is 0 Å². The molecule has 0 aliphatic heterocycles. The summed E-state index contributed by atoms with van der Waals surface area (Å²) in [7, 11) is 1.41. The second kappa shape index (κ2) is 9.55. The first-order valence-electron chi connectivity index (χ1n) is 8.90. The minimum absolute atomic E-state index is 0.224. The van der Waals surface area contributed by atoms with Crippen molar-refractivity contribution in [1.82, 2.24) is 5.32 Å². The zero-order valence-electron chi connectivity index (χ0n) is 15.4. The van der Waals surface area contributed by atoms with Gasteiger partial charge in [-0.15, -0.1) is 0 Å². The van der Waals surface area contributed by atoms with Crippen LogP contribution in [0.15, 0.2) is 78.9 Å². The number of hydrogen-bond acceptors (Lipinski definition) is 4. The molecule has 3 aromatic rings. The van der Waals surface area contributed by atoms with E-state index >= 15 is 0 Å². The van der Waals surface area contributed by atoms with E-state index in [0.717, 1.165) is 35.7 Å². The van der Waals surface area contributed by atoms with Gasteiger partial charge in [-0.05, 0) is 41.0 Å². The Morgan fingerprint density at radius 2 is 1.44 bits per heavy atom. The van der Waals surface area contributed by atoms with E-state index in [-0.39, 0.29) is 5.97 Å². The highest BCUT2D eigenvalue weighted by atomic mass is 16.5. The van der Waals surface area contributed by atoms with Gasteiger partial charge in [-0.1, -0.05) is 54.6 Å². The Hall–Kier alpha value is -3.11. The van der Waals surface area contributed by atoms with E-state index in [1.807, 2.05) is 66.7 Å². The third-order valence-electron chi connectivity index (χ3n) is 4.13. The Morgan fingerprint density at radius 3 is 2.19 bits per heavy atom. The van der Waals surface area contributed by atoms with Crippen LogP contribution in [0, 0.1) is 0 Å². The van der Waals surface area contributed by atoms with Gasteiger partial charge in [-0.3, -0.25) is 4.79 Å². The molecule has 4 nitrogen and oxygen atoms in total. The molecule has 3 aromatic carbocycles. The number of para-hydroxylation sites is 1. The summed E-state index contributed by atoms with van der Waals surface area (Å²) in [6.45, 7) is 1.49. The van der Waals surface area contributed by atoms with Gasteiger partial charge in [0.2, 0.25) is 0 Å². The number of carbonyl (C=O) groups excluding carboxylic acids is 1. The molecule has 0 saturated heterocycles. The van der Waals surface area contributed by atoms with Crippen LogP contribution in [0.1, 0.15) is 16.7 Å². The topological polar surface area (TPSA) is 47.6 Å². The van der Waals surface area contributed by atoms with Crippen LogP contribution in [0.3, 0.4) is 0 Å². The van der Waals surface area contributed by atoms with E-state index in [1.165, 1.54) is 12.7 Å². The van der Waals surface area contributed by atoms with Gasteiger partial charge in [-0.2, -0.15) is 0 Å². The van der Waals surface area contributed by atoms with Crippen LogP contribution in [0.25, 0.3) is 0 Å². The van der Waals surface area contributed by atoms with Crippen molar-refractivity contribution < 1.29 is 14.3 Å². The fourth-order valence-electron chi connectivity index (χ4n) is 2.74. The summed E-state index contributed by atoms with van der Waals surface area (Å²) in [6.07, 6.45) is 0.299. The SMILES string of the molecule is COC(=O)Cc1cccc(CNCc2ccc(Oc3ccccc3)cc2)c1. The van der Waals surface area contributed by atoms with Crippen LogP contribution < -0.4 is 10.1 Å². The van der Waals surface area contributed by atoms with Gasteiger partial charge in [-0.25, -0.2) is 0 Å². The van der Waals surface area contributed by atoms with Crippen LogP contribution in [-0.4, -0.2) is 13.1 Å². The Balaban J connectivity index is 1.49. The van der Waals surface area contributed by atoms with Crippen molar-refractivity contribution in [3.8, 4) is 11.5 Å². The lowest BCUT2D eigenvalue weighted by Gasteiger charge is -2.09. The number of benzene rings is 3. The maximum atomic E-state index is 11.4. The van der Waals surface area contributed by atoms with Crippen LogP contribution in [0.2, 0.25) is 0 Å². The third-order valence-corrected chi connectivity index (χ3v) is 4.13. The van der Waals surface area contributed by atoms with Crippen molar-refractivity contribution in [2.75, 3.05) is 7.11 Å². The molecule has 0 heterocycles. The van der Waals surface area contributed by atoms with E-state index in [2.05, 4.69) is 17.4 Å². The van der Waals surface area contributed by atoms with E-state index in [1.54, 1.807) is 0 Å². The molecule has 0 bridgehead atoms. The molecule has 0 aliphatic carbocycles. The molecule has 0 aromatic heterocycles. The smallest absolute Gasteiger partial charge is 0.309 e. The largest absolute Gasteiger partial charge is 0.469 e. The third kappa shape index (κ3) is 5.97. The lowest BCUT2D eigenvalue weighted by Crippen LogP contribution is -2.13. The number of ether oxygens (including phenoxy) is 2. The summed E-state index contributed by atoms with van der Waals surface area (Å²) in [5, 5.41) is 3.42. The Labute approximate surface area is 159 Å². The quantitative estimate of drug-likeness (QED) is 0.601. The zero-order chi connectivity index (χ0) is 18.9. The average molecular weight is 361 g/mol. The van der Waals surface area contributed by atoms with E-state index < -0.39 is 0 Å². The van der Waals surface area contributed by atoms with E-state index in [4.69, 9.17) is 9.47 Å². The zero-order valence-corrected chi connectivity index (χ0v) is 15.4. The summed E-state index contributed by atoms with van der Waals surface area (Å²) < 4.78 is 10.5. The normalized spacial score (nSPS) is 10.4. The van der Waals surface area contributed by atoms with Crippen molar-refractivity contribution in [2.45, 2.75) is 19.5 Å². The average Bonchev–Trinajstić information content (AvgIpc) is 2.70. The van der Waals surface area contributed by atoms with Gasteiger partial charge in [0, 0.05) is 13.1 Å². The molecule has 1 N–H and O–H groups in total. The van der Waals surface area contributed by atoms with Crippen molar-refractivity contribution in [2.24, 2.45) is 0 Å². The van der Waals surface area contributed by atoms with Crippen molar-refractivity contribution in [3.63, 3.8) is 0 Å². The van der Waals surface area contributed by atoms with E-state index in [0.29, 0.717) is 6.42 Å². The molecular weight excluding hydrogens is 338 g/mol. The molecule has 3 rings (SSSR count). The maximum Gasteiger partial charge on any atom is 0.309 e. The van der Waals surface area contributed by atoms with Gasteiger partial charge in [0.25, 0.3) is 0 Å². The fourth-order valence-corrected chi connectivity index (χ4v) is 2.74. The minimum atomic E-state index is -0.224. The number of nitrogens with one attached hydrogen (secondary N) is 1. The number of rotatable bonds is 8. The monoisotopic (exact) mass is 361 g/mol. The molecule has 0 spiro atoms. The molecule has 0 saturated carbocycles. The van der Waals surface area contributed by atoms with Gasteiger partial charge in [0.15, 0.2) is 0 Å². The molecular formula is C23H23NO3. The van der Waals surface area contributed by atoms with Crippen LogP contribution >= 0.6 is 0 Å². The molecule has 0 fully saturated rings. The first kappa shape index (κ1) is 18.7. The van der Waals surface area contributed by atoms with Crippen molar-refractivity contribution >= 4 is 5.97 Å². The first-order chi connectivity index (χ1) is 13.2. The second-order valence-corrected chi connectivity index (χ2v) is 6.24. The van der Waals surface area contributed by atoms with Gasteiger partial charge in [0.1, 0.15) is 11.5 Å². The van der Waals surface area contributed by atoms with E-state index in [9.17, 15) is 4.79 Å². The number of esters is 1. The molecule has 0 unspecified atom stereocenters. The van der Waals surface area contributed by atoms with Crippen LogP contribution in [-0.2, 0) is 29.0 Å². The lowest BCUT2D eigenvalue weighted by molar-refractivity contribution is -0.139. The Morgan fingerprint density at radius 1 is 0.778 bits per heavy atom. The summed E-state index contributed by atoms with van der Waals surface area (Å²) in [5.74, 6) is 1.42. The lowest BCUT2D eigenvalue weighted by atomic mass is 10.1. The predicted octanol–water partition coefficient (Wildman–Crippen LogP) is 4.48. The molecule has 138 valence electrons. The number of methoxy groups -OCH3 is 1. The Bertz CT molecular complexity index is 860. The van der Waals surface area contributed by atoms with Crippen molar-refractivity contribution in [3.05, 3.63) is 95.6 Å². The first-order valence-corrected chi connectivity index (χ1v) is 8.90. The molecule has 0 aliphatic rings. The molecule has 4 heteroatoms. The van der Waals surface area contributed by atoms with Crippen LogP contribution in [0.4, 0.5) is 0 Å². The van der Waals surface area contributed by atoms with Gasteiger partial charge < -0.3 is 14.8 Å². The summed E-state index contributed by atoms with van der Waals surface area (Å²) in [5.41, 5.74) is 3.28. The van der Waals surface area contributed by atoms with Gasteiger partial charge in [0.05, 0.1) is 13.5 Å².